The van der Waals surface area contributed by atoms with Crippen LogP contribution in [0.15, 0.2) is 24.8 Å². The average Bonchev–Trinajstić information content (AvgIpc) is 2.78. The molecule has 1 amide bonds. The van der Waals surface area contributed by atoms with Gasteiger partial charge in [-0.2, -0.15) is 0 Å². The lowest BCUT2D eigenvalue weighted by atomic mass is 9.85. The lowest BCUT2D eigenvalue weighted by molar-refractivity contribution is -0.136. The third-order valence-corrected chi connectivity index (χ3v) is 8.08. The monoisotopic (exact) mass is 518 g/mol. The van der Waals surface area contributed by atoms with E-state index in [1.54, 1.807) is 18.2 Å². The van der Waals surface area contributed by atoms with E-state index in [4.69, 9.17) is 39.4 Å². The van der Waals surface area contributed by atoms with Crippen molar-refractivity contribution in [3.63, 3.8) is 0 Å². The summed E-state index contributed by atoms with van der Waals surface area (Å²) in [6, 6.07) is 3.15. The van der Waals surface area contributed by atoms with Crippen LogP contribution < -0.4 is 20.9 Å². The second-order valence-electron chi connectivity index (χ2n) is 9.21. The molecule has 1 aliphatic heterocycles. The molecule has 10 heteroatoms. The minimum atomic E-state index is -1.34. The Morgan fingerprint density at radius 3 is 2.39 bits per heavy atom. The minimum Gasteiger partial charge on any atom is -0.598 e. The predicted octanol–water partition coefficient (Wildman–Crippen LogP) is 3.42. The van der Waals surface area contributed by atoms with E-state index in [0.29, 0.717) is 48.3 Å². The minimum absolute atomic E-state index is 0.00855. The summed E-state index contributed by atoms with van der Waals surface area (Å²) < 4.78 is 21.8. The molecule has 1 aliphatic rings. The number of carbonyl (C=O) groups is 1. The molecule has 1 aromatic carbocycles. The molecular formula is C23H36Cl2N4O3S. The Bertz CT molecular complexity index is 810. The number of nitrogens with zero attached hydrogens (tertiary/aromatic N) is 1. The smallest absolute Gasteiger partial charge is 0.228 e. The Balaban J connectivity index is 2.34. The molecule has 2 rings (SSSR count). The number of piperidine rings is 1. The van der Waals surface area contributed by atoms with Crippen molar-refractivity contribution in [1.82, 2.24) is 9.62 Å². The fourth-order valence-corrected chi connectivity index (χ4v) is 5.01. The van der Waals surface area contributed by atoms with Crippen molar-refractivity contribution >= 4 is 40.5 Å². The summed E-state index contributed by atoms with van der Waals surface area (Å²) in [4.78, 5) is 14.5. The zero-order chi connectivity index (χ0) is 24.8. The SMILES string of the molecule is C=CCOc1cc(Cl)c(Cl)cc1C(N[S@@+]([O-])C(C)(C)C)C1CCN(C(=O)C(CN)CN)CC1. The van der Waals surface area contributed by atoms with E-state index >= 15 is 0 Å². The van der Waals surface area contributed by atoms with E-state index in [2.05, 4.69) is 11.3 Å². The molecule has 2 atom stereocenters. The molecule has 0 spiro atoms. The third-order valence-electron chi connectivity index (χ3n) is 5.78. The van der Waals surface area contributed by atoms with Gasteiger partial charge in [0.25, 0.3) is 0 Å². The number of nitrogens with one attached hydrogen (secondary N) is 1. The van der Waals surface area contributed by atoms with Crippen LogP contribution in [0.3, 0.4) is 0 Å². The molecule has 33 heavy (non-hydrogen) atoms. The fraction of sp³-hybridized carbons (Fsp3) is 0.609. The molecule has 1 saturated heterocycles. The first-order valence-corrected chi connectivity index (χ1v) is 13.0. The summed E-state index contributed by atoms with van der Waals surface area (Å²) in [5.74, 6) is 0.291. The third kappa shape index (κ3) is 7.49. The second-order valence-corrected chi connectivity index (χ2v) is 12.0. The first kappa shape index (κ1) is 28.2. The summed E-state index contributed by atoms with van der Waals surface area (Å²) >= 11 is 11.3. The summed E-state index contributed by atoms with van der Waals surface area (Å²) in [7, 11) is 0. The van der Waals surface area contributed by atoms with Crippen LogP contribution >= 0.6 is 23.2 Å². The first-order chi connectivity index (χ1) is 15.5. The first-order valence-electron chi connectivity index (χ1n) is 11.1. The lowest BCUT2D eigenvalue weighted by Gasteiger charge is -2.39. The number of likely N-dealkylation sites (tertiary alicyclic amines) is 1. The van der Waals surface area contributed by atoms with E-state index < -0.39 is 16.1 Å². The number of hydrogen-bond donors (Lipinski definition) is 3. The molecule has 5 N–H and O–H groups in total. The number of hydrogen-bond acceptors (Lipinski definition) is 6. The van der Waals surface area contributed by atoms with Crippen LogP contribution in [0.5, 0.6) is 5.75 Å². The van der Waals surface area contributed by atoms with Crippen molar-refractivity contribution in [2.24, 2.45) is 23.3 Å². The van der Waals surface area contributed by atoms with Gasteiger partial charge < -0.3 is 25.7 Å². The number of benzene rings is 1. The van der Waals surface area contributed by atoms with Crippen LogP contribution in [-0.2, 0) is 16.2 Å². The van der Waals surface area contributed by atoms with Gasteiger partial charge in [0.1, 0.15) is 17.1 Å². The topological polar surface area (TPSA) is 117 Å². The molecule has 1 unspecified atom stereocenters. The van der Waals surface area contributed by atoms with Gasteiger partial charge in [-0.3, -0.25) is 4.79 Å². The number of rotatable bonds is 10. The van der Waals surface area contributed by atoms with Crippen molar-refractivity contribution in [1.29, 1.82) is 0 Å². The van der Waals surface area contributed by atoms with Gasteiger partial charge in [0.05, 0.1) is 22.0 Å². The summed E-state index contributed by atoms with van der Waals surface area (Å²) in [5.41, 5.74) is 12.2. The van der Waals surface area contributed by atoms with Crippen LogP contribution in [0.4, 0.5) is 0 Å². The molecule has 0 bridgehead atoms. The summed E-state index contributed by atoms with van der Waals surface area (Å²) in [6.07, 6.45) is 3.08. The van der Waals surface area contributed by atoms with Crippen LogP contribution in [-0.4, -0.2) is 52.9 Å². The molecule has 0 aromatic heterocycles. The van der Waals surface area contributed by atoms with Crippen LogP contribution in [0.25, 0.3) is 0 Å². The summed E-state index contributed by atoms with van der Waals surface area (Å²) in [5, 5.41) is 0.775. The van der Waals surface area contributed by atoms with Gasteiger partial charge in [-0.25, -0.2) is 0 Å². The van der Waals surface area contributed by atoms with Gasteiger partial charge in [-0.15, -0.1) is 4.72 Å². The van der Waals surface area contributed by atoms with E-state index in [1.807, 2.05) is 25.7 Å². The van der Waals surface area contributed by atoms with Crippen molar-refractivity contribution < 1.29 is 14.1 Å². The quantitative estimate of drug-likeness (QED) is 0.322. The van der Waals surface area contributed by atoms with Crippen LogP contribution in [0.2, 0.25) is 10.0 Å². The Kier molecular flexibility index (Phi) is 10.8. The van der Waals surface area contributed by atoms with E-state index in [9.17, 15) is 9.35 Å². The molecular weight excluding hydrogens is 483 g/mol. The Morgan fingerprint density at radius 2 is 1.88 bits per heavy atom. The zero-order valence-electron chi connectivity index (χ0n) is 19.6. The normalized spacial score (nSPS) is 17.2. The highest BCUT2D eigenvalue weighted by Gasteiger charge is 2.38. The number of halogens is 2. The molecule has 7 nitrogen and oxygen atoms in total. The largest absolute Gasteiger partial charge is 0.598 e. The van der Waals surface area contributed by atoms with Crippen LogP contribution in [0.1, 0.15) is 45.2 Å². The van der Waals surface area contributed by atoms with Crippen molar-refractivity contribution in [3.8, 4) is 5.75 Å². The maximum absolute atomic E-state index is 13.1. The summed E-state index contributed by atoms with van der Waals surface area (Å²) in [6.45, 7) is 11.4. The highest BCUT2D eigenvalue weighted by atomic mass is 35.5. The van der Waals surface area contributed by atoms with Gasteiger partial charge in [0.15, 0.2) is 0 Å². The average molecular weight is 520 g/mol. The molecule has 0 radical (unpaired) electrons. The van der Waals surface area contributed by atoms with Gasteiger partial charge in [0.2, 0.25) is 5.91 Å². The second kappa shape index (κ2) is 12.6. The van der Waals surface area contributed by atoms with Crippen LogP contribution in [0, 0.1) is 11.8 Å². The van der Waals surface area contributed by atoms with E-state index in [1.165, 1.54) is 0 Å². The standard InChI is InChI=1S/C23H36Cl2N4O3S/c1-5-10-32-20-12-19(25)18(24)11-17(20)21(28-33(31)23(2,3)4)15-6-8-29(9-7-15)22(30)16(13-26)14-27/h5,11-12,15-16,21,28H,1,6-10,13-14,26-27H2,2-4H3/t21?,33-/m0/s1. The van der Waals surface area contributed by atoms with Gasteiger partial charge in [-0.05, 0) is 45.6 Å². The van der Waals surface area contributed by atoms with Crippen molar-refractivity contribution in [2.75, 3.05) is 32.8 Å². The van der Waals surface area contributed by atoms with Crippen molar-refractivity contribution in [3.05, 3.63) is 40.4 Å². The molecule has 0 aliphatic carbocycles. The van der Waals surface area contributed by atoms with Gasteiger partial charge in [-0.1, -0.05) is 35.9 Å². The maximum Gasteiger partial charge on any atom is 0.228 e. The Labute approximate surface area is 210 Å². The number of nitrogens with two attached hydrogens (primary N) is 2. The van der Waals surface area contributed by atoms with Crippen molar-refractivity contribution in [2.45, 2.75) is 44.4 Å². The molecule has 0 saturated carbocycles. The molecule has 1 fully saturated rings. The van der Waals surface area contributed by atoms with E-state index in [0.717, 1.165) is 5.56 Å². The highest BCUT2D eigenvalue weighted by molar-refractivity contribution is 7.90. The molecule has 1 heterocycles. The van der Waals surface area contributed by atoms with Gasteiger partial charge >= 0.3 is 0 Å². The Hall–Kier alpha value is -1.00. The van der Waals surface area contributed by atoms with E-state index in [-0.39, 0.29) is 36.9 Å². The maximum atomic E-state index is 13.1. The zero-order valence-corrected chi connectivity index (χ0v) is 21.9. The number of amides is 1. The Morgan fingerprint density at radius 1 is 1.30 bits per heavy atom. The molecule has 186 valence electrons. The van der Waals surface area contributed by atoms with Gasteiger partial charge in [0, 0.05) is 49.2 Å². The fourth-order valence-electron chi connectivity index (χ4n) is 3.78. The lowest BCUT2D eigenvalue weighted by Crippen LogP contribution is -2.49. The predicted molar refractivity (Wildman–Crippen MR) is 137 cm³/mol. The molecule has 1 aromatic rings. The number of carbonyl (C=O) groups excluding carboxylic acids is 1. The highest BCUT2D eigenvalue weighted by Crippen LogP contribution is 2.41. The number of ether oxygens (including phenoxy) is 1.